The number of rotatable bonds is 2. The van der Waals surface area contributed by atoms with Gasteiger partial charge in [0.1, 0.15) is 12.4 Å². The van der Waals surface area contributed by atoms with Crippen LogP contribution in [0.5, 0.6) is 0 Å². The van der Waals surface area contributed by atoms with Crippen LogP contribution in [-0.4, -0.2) is 19.2 Å². The van der Waals surface area contributed by atoms with E-state index in [9.17, 15) is 15.2 Å². The van der Waals surface area contributed by atoms with Gasteiger partial charge in [0, 0.05) is 18.1 Å². The molecule has 0 spiro atoms. The SMILES string of the molecule is Cn1c(CO)nc2c(=O)n(-c3ccccc3)c3cc(C#N)ccc3c21. The lowest BCUT2D eigenvalue weighted by Crippen LogP contribution is -2.19. The first-order valence-electron chi connectivity index (χ1n) is 7.76. The van der Waals surface area contributed by atoms with Crippen molar-refractivity contribution in [2.75, 3.05) is 0 Å². The molecule has 2 aromatic heterocycles. The molecular weight excluding hydrogens is 316 g/mol. The lowest BCUT2D eigenvalue weighted by molar-refractivity contribution is 0.268. The molecular formula is C19H14N4O2. The van der Waals surface area contributed by atoms with E-state index >= 15 is 0 Å². The van der Waals surface area contributed by atoms with Crippen molar-refractivity contribution in [3.05, 3.63) is 70.3 Å². The minimum atomic E-state index is -0.279. The Labute approximate surface area is 142 Å². The Bertz CT molecular complexity index is 1210. The standard InChI is InChI=1S/C19H14N4O2/c1-22-16(11-24)21-17-18(22)14-8-7-12(10-20)9-15(14)23(19(17)25)13-5-3-2-4-6-13/h2-9,24H,11H2,1H3. The summed E-state index contributed by atoms with van der Waals surface area (Å²) in [6.45, 7) is -0.256. The smallest absolute Gasteiger partial charge is 0.283 e. The van der Waals surface area contributed by atoms with E-state index in [1.807, 2.05) is 36.4 Å². The first-order valence-corrected chi connectivity index (χ1v) is 7.76. The minimum absolute atomic E-state index is 0.256. The van der Waals surface area contributed by atoms with Crippen molar-refractivity contribution in [1.82, 2.24) is 14.1 Å². The fourth-order valence-corrected chi connectivity index (χ4v) is 3.18. The number of fused-ring (bicyclic) bond motifs is 3. The normalized spacial score (nSPS) is 11.1. The number of benzene rings is 2. The van der Waals surface area contributed by atoms with E-state index in [0.717, 1.165) is 5.39 Å². The molecule has 0 fully saturated rings. The third kappa shape index (κ3) is 2.14. The van der Waals surface area contributed by atoms with Gasteiger partial charge in [-0.05, 0) is 30.3 Å². The maximum Gasteiger partial charge on any atom is 0.283 e. The van der Waals surface area contributed by atoms with Crippen LogP contribution in [0.3, 0.4) is 0 Å². The van der Waals surface area contributed by atoms with Crippen molar-refractivity contribution >= 4 is 21.9 Å². The third-order valence-electron chi connectivity index (χ3n) is 4.37. The molecule has 6 nitrogen and oxygen atoms in total. The molecule has 2 aromatic carbocycles. The molecule has 1 N–H and O–H groups in total. The van der Waals surface area contributed by atoms with E-state index in [2.05, 4.69) is 11.1 Å². The number of imidazole rings is 1. The van der Waals surface area contributed by atoms with Crippen molar-refractivity contribution in [1.29, 1.82) is 5.26 Å². The average molecular weight is 330 g/mol. The molecule has 122 valence electrons. The minimum Gasteiger partial charge on any atom is -0.388 e. The molecule has 0 atom stereocenters. The number of para-hydroxylation sites is 1. The van der Waals surface area contributed by atoms with Gasteiger partial charge in [-0.2, -0.15) is 5.26 Å². The lowest BCUT2D eigenvalue weighted by atomic mass is 10.1. The van der Waals surface area contributed by atoms with E-state index in [4.69, 9.17) is 0 Å². The number of nitriles is 1. The predicted molar refractivity (Wildman–Crippen MR) is 94.5 cm³/mol. The number of aromatic nitrogens is 3. The van der Waals surface area contributed by atoms with Gasteiger partial charge in [-0.3, -0.25) is 9.36 Å². The van der Waals surface area contributed by atoms with Crippen LogP contribution in [0.2, 0.25) is 0 Å². The average Bonchev–Trinajstić information content (AvgIpc) is 2.99. The molecule has 0 bridgehead atoms. The summed E-state index contributed by atoms with van der Waals surface area (Å²) in [7, 11) is 1.77. The highest BCUT2D eigenvalue weighted by Gasteiger charge is 2.18. The van der Waals surface area contributed by atoms with E-state index in [0.29, 0.717) is 33.6 Å². The van der Waals surface area contributed by atoms with Crippen molar-refractivity contribution < 1.29 is 5.11 Å². The highest BCUT2D eigenvalue weighted by atomic mass is 16.3. The molecule has 4 aromatic rings. The van der Waals surface area contributed by atoms with E-state index < -0.39 is 0 Å². The molecule has 0 unspecified atom stereocenters. The summed E-state index contributed by atoms with van der Waals surface area (Å²) in [4.78, 5) is 17.5. The second-order valence-electron chi connectivity index (χ2n) is 5.76. The van der Waals surface area contributed by atoms with Crippen molar-refractivity contribution in [3.8, 4) is 11.8 Å². The van der Waals surface area contributed by atoms with Crippen molar-refractivity contribution in [2.45, 2.75) is 6.61 Å². The van der Waals surface area contributed by atoms with Crippen molar-refractivity contribution in [3.63, 3.8) is 0 Å². The second kappa shape index (κ2) is 5.58. The summed E-state index contributed by atoms with van der Waals surface area (Å²) in [5.41, 5.74) is 2.48. The molecule has 2 heterocycles. The van der Waals surface area contributed by atoms with Crippen LogP contribution < -0.4 is 5.56 Å². The molecule has 0 amide bonds. The number of hydrogen-bond donors (Lipinski definition) is 1. The first kappa shape index (κ1) is 15.1. The number of hydrogen-bond acceptors (Lipinski definition) is 4. The van der Waals surface area contributed by atoms with Gasteiger partial charge >= 0.3 is 0 Å². The third-order valence-corrected chi connectivity index (χ3v) is 4.37. The highest BCUT2D eigenvalue weighted by Crippen LogP contribution is 2.26. The number of aliphatic hydroxyl groups is 1. The van der Waals surface area contributed by atoms with Gasteiger partial charge in [-0.1, -0.05) is 18.2 Å². The number of aryl methyl sites for hydroxylation is 1. The van der Waals surface area contributed by atoms with Gasteiger partial charge in [0.05, 0.1) is 22.7 Å². The van der Waals surface area contributed by atoms with Crippen LogP contribution >= 0.6 is 0 Å². The Morgan fingerprint density at radius 1 is 1.20 bits per heavy atom. The summed E-state index contributed by atoms with van der Waals surface area (Å²) >= 11 is 0. The zero-order chi connectivity index (χ0) is 17.6. The molecule has 6 heteroatoms. The highest BCUT2D eigenvalue weighted by molar-refractivity contribution is 6.03. The maximum atomic E-state index is 13.1. The summed E-state index contributed by atoms with van der Waals surface area (Å²) in [5.74, 6) is 0.420. The van der Waals surface area contributed by atoms with Crippen LogP contribution in [0.15, 0.2) is 53.3 Å². The number of pyridine rings is 1. The fraction of sp³-hybridized carbons (Fsp3) is 0.105. The van der Waals surface area contributed by atoms with Crippen LogP contribution in [0, 0.1) is 11.3 Å². The molecule has 0 aliphatic heterocycles. The van der Waals surface area contributed by atoms with Crippen molar-refractivity contribution in [2.24, 2.45) is 7.05 Å². The monoisotopic (exact) mass is 330 g/mol. The maximum absolute atomic E-state index is 13.1. The number of nitrogens with zero attached hydrogens (tertiary/aromatic N) is 4. The molecule has 0 radical (unpaired) electrons. The fourth-order valence-electron chi connectivity index (χ4n) is 3.18. The molecule has 0 saturated heterocycles. The van der Waals surface area contributed by atoms with Gasteiger partial charge in [0.15, 0.2) is 5.52 Å². The van der Waals surface area contributed by atoms with Gasteiger partial charge in [-0.25, -0.2) is 4.98 Å². The van der Waals surface area contributed by atoms with Gasteiger partial charge in [-0.15, -0.1) is 0 Å². The molecule has 4 rings (SSSR count). The molecule has 0 saturated carbocycles. The summed E-state index contributed by atoms with van der Waals surface area (Å²) in [6.07, 6.45) is 0. The van der Waals surface area contributed by atoms with Crippen LogP contribution in [0.25, 0.3) is 27.6 Å². The topological polar surface area (TPSA) is 83.8 Å². The predicted octanol–water partition coefficient (Wildman–Crippen LogP) is 2.24. The Balaban J connectivity index is 2.28. The zero-order valence-corrected chi connectivity index (χ0v) is 13.5. The van der Waals surface area contributed by atoms with Gasteiger partial charge in [0.25, 0.3) is 5.56 Å². The molecule has 25 heavy (non-hydrogen) atoms. The van der Waals surface area contributed by atoms with Crippen LogP contribution in [0.1, 0.15) is 11.4 Å². The molecule has 0 aliphatic carbocycles. The first-order chi connectivity index (χ1) is 12.2. The van der Waals surface area contributed by atoms with Gasteiger partial charge < -0.3 is 9.67 Å². The molecule has 0 aliphatic rings. The summed E-state index contributed by atoms with van der Waals surface area (Å²) in [6, 6.07) is 16.6. The van der Waals surface area contributed by atoms with E-state index in [1.54, 1.807) is 28.3 Å². The zero-order valence-electron chi connectivity index (χ0n) is 13.5. The Morgan fingerprint density at radius 3 is 2.64 bits per heavy atom. The van der Waals surface area contributed by atoms with E-state index in [1.165, 1.54) is 0 Å². The summed E-state index contributed by atoms with van der Waals surface area (Å²) in [5, 5.41) is 19.6. The Kier molecular flexibility index (Phi) is 3.38. The quantitative estimate of drug-likeness (QED) is 0.611. The second-order valence-corrected chi connectivity index (χ2v) is 5.76. The van der Waals surface area contributed by atoms with Crippen LogP contribution in [0.4, 0.5) is 0 Å². The van der Waals surface area contributed by atoms with Crippen LogP contribution in [-0.2, 0) is 13.7 Å². The Hall–Kier alpha value is -3.43. The number of aliphatic hydroxyl groups excluding tert-OH is 1. The largest absolute Gasteiger partial charge is 0.388 e. The summed E-state index contributed by atoms with van der Waals surface area (Å²) < 4.78 is 3.28. The lowest BCUT2D eigenvalue weighted by Gasteiger charge is -2.12. The van der Waals surface area contributed by atoms with E-state index in [-0.39, 0.29) is 12.2 Å². The van der Waals surface area contributed by atoms with Gasteiger partial charge in [0.2, 0.25) is 0 Å². The Morgan fingerprint density at radius 2 is 1.96 bits per heavy atom.